The van der Waals surface area contributed by atoms with Crippen LogP contribution in [0, 0.1) is 5.82 Å². The molecule has 0 aliphatic rings. The van der Waals surface area contributed by atoms with E-state index in [1.165, 1.54) is 13.2 Å². The number of rotatable bonds is 7. The van der Waals surface area contributed by atoms with E-state index in [9.17, 15) is 14.0 Å². The zero-order valence-electron chi connectivity index (χ0n) is 12.2. The Labute approximate surface area is 122 Å². The topological polar surface area (TPSA) is 93.5 Å². The minimum Gasteiger partial charge on any atom is -0.465 e. The predicted molar refractivity (Wildman–Crippen MR) is 78.6 cm³/mol. The van der Waals surface area contributed by atoms with Crippen LogP contribution >= 0.6 is 0 Å². The van der Waals surface area contributed by atoms with Crippen LogP contribution in [-0.2, 0) is 9.53 Å². The highest BCUT2D eigenvalue weighted by molar-refractivity contribution is 5.96. The second-order valence-electron chi connectivity index (χ2n) is 4.44. The molecular formula is C14H20FN3O3. The number of benzene rings is 1. The summed E-state index contributed by atoms with van der Waals surface area (Å²) in [5, 5.41) is 5.48. The lowest BCUT2D eigenvalue weighted by molar-refractivity contribution is -0.120. The van der Waals surface area contributed by atoms with Gasteiger partial charge < -0.3 is 21.1 Å². The van der Waals surface area contributed by atoms with Crippen LogP contribution in [0.15, 0.2) is 12.1 Å². The lowest BCUT2D eigenvalue weighted by Gasteiger charge is -2.11. The van der Waals surface area contributed by atoms with Gasteiger partial charge in [-0.25, -0.2) is 9.18 Å². The maximum atomic E-state index is 13.7. The van der Waals surface area contributed by atoms with Gasteiger partial charge in [0.25, 0.3) is 0 Å². The van der Waals surface area contributed by atoms with E-state index in [0.717, 1.165) is 12.5 Å². The molecule has 0 spiro atoms. The molecular weight excluding hydrogens is 277 g/mol. The fourth-order valence-electron chi connectivity index (χ4n) is 1.67. The van der Waals surface area contributed by atoms with Gasteiger partial charge in [-0.1, -0.05) is 6.92 Å². The summed E-state index contributed by atoms with van der Waals surface area (Å²) in [5.74, 6) is -1.35. The van der Waals surface area contributed by atoms with Crippen molar-refractivity contribution in [3.05, 3.63) is 23.5 Å². The first-order chi connectivity index (χ1) is 9.99. The number of ether oxygens (including phenoxy) is 1. The van der Waals surface area contributed by atoms with Gasteiger partial charge in [-0.15, -0.1) is 0 Å². The maximum absolute atomic E-state index is 13.7. The summed E-state index contributed by atoms with van der Waals surface area (Å²) < 4.78 is 18.3. The van der Waals surface area contributed by atoms with Crippen LogP contribution in [0.25, 0.3) is 0 Å². The van der Waals surface area contributed by atoms with E-state index in [-0.39, 0.29) is 35.8 Å². The molecule has 0 radical (unpaired) electrons. The Morgan fingerprint density at radius 3 is 2.67 bits per heavy atom. The first-order valence-corrected chi connectivity index (χ1v) is 6.67. The number of hydrogen-bond acceptors (Lipinski definition) is 5. The molecule has 0 aliphatic heterocycles. The number of nitrogens with one attached hydrogen (secondary N) is 2. The number of carbonyl (C=O) groups is 2. The first-order valence-electron chi connectivity index (χ1n) is 6.67. The molecule has 0 saturated carbocycles. The summed E-state index contributed by atoms with van der Waals surface area (Å²) in [6.07, 6.45) is 1.06. The van der Waals surface area contributed by atoms with Gasteiger partial charge in [-0.05, 0) is 18.6 Å². The van der Waals surface area contributed by atoms with Crippen molar-refractivity contribution in [3.63, 3.8) is 0 Å². The Morgan fingerprint density at radius 1 is 1.33 bits per heavy atom. The molecule has 116 valence electrons. The highest BCUT2D eigenvalue weighted by Gasteiger charge is 2.14. The standard InChI is InChI=1S/C14H20FN3O3/c1-3-5-18-13(19)4-6-17-12-7-9(14(20)21-2)11(16)8-10(12)15/h7-8,17H,3-6,16H2,1-2H3,(H,18,19). The molecule has 0 aliphatic carbocycles. The molecule has 1 aromatic rings. The number of halogens is 1. The van der Waals surface area contributed by atoms with E-state index < -0.39 is 11.8 Å². The lowest BCUT2D eigenvalue weighted by atomic mass is 10.1. The summed E-state index contributed by atoms with van der Waals surface area (Å²) in [6, 6.07) is 2.33. The molecule has 6 nitrogen and oxygen atoms in total. The van der Waals surface area contributed by atoms with Crippen molar-refractivity contribution in [1.29, 1.82) is 0 Å². The number of amides is 1. The Hall–Kier alpha value is -2.31. The molecule has 1 amide bonds. The lowest BCUT2D eigenvalue weighted by Crippen LogP contribution is -2.26. The molecule has 0 atom stereocenters. The minimum atomic E-state index is -0.642. The van der Waals surface area contributed by atoms with E-state index in [1.807, 2.05) is 6.92 Å². The third-order valence-electron chi connectivity index (χ3n) is 2.78. The van der Waals surface area contributed by atoms with Crippen LogP contribution in [0.5, 0.6) is 0 Å². The molecule has 0 heterocycles. The van der Waals surface area contributed by atoms with Crippen molar-refractivity contribution in [2.24, 2.45) is 0 Å². The predicted octanol–water partition coefficient (Wildman–Crippen LogP) is 1.52. The van der Waals surface area contributed by atoms with Gasteiger partial charge in [0.05, 0.1) is 18.4 Å². The first kappa shape index (κ1) is 16.7. The molecule has 4 N–H and O–H groups in total. The minimum absolute atomic E-state index is 0.00517. The van der Waals surface area contributed by atoms with Crippen LogP contribution < -0.4 is 16.4 Å². The van der Waals surface area contributed by atoms with Gasteiger partial charge in [0.1, 0.15) is 5.82 Å². The fourth-order valence-corrected chi connectivity index (χ4v) is 1.67. The number of nitrogens with two attached hydrogens (primary N) is 1. The second kappa shape index (κ2) is 8.08. The number of carbonyl (C=O) groups excluding carboxylic acids is 2. The van der Waals surface area contributed by atoms with Crippen molar-refractivity contribution >= 4 is 23.3 Å². The summed E-state index contributed by atoms with van der Waals surface area (Å²) in [7, 11) is 1.22. The Kier molecular flexibility index (Phi) is 6.45. The van der Waals surface area contributed by atoms with Crippen LogP contribution in [-0.4, -0.2) is 32.1 Å². The van der Waals surface area contributed by atoms with Gasteiger partial charge in [0, 0.05) is 25.2 Å². The van der Waals surface area contributed by atoms with Crippen molar-refractivity contribution in [3.8, 4) is 0 Å². The van der Waals surface area contributed by atoms with Gasteiger partial charge in [-0.2, -0.15) is 0 Å². The highest BCUT2D eigenvalue weighted by Crippen LogP contribution is 2.22. The van der Waals surface area contributed by atoms with Crippen molar-refractivity contribution in [2.75, 3.05) is 31.2 Å². The van der Waals surface area contributed by atoms with Crippen molar-refractivity contribution in [2.45, 2.75) is 19.8 Å². The summed E-state index contributed by atoms with van der Waals surface area (Å²) >= 11 is 0. The average Bonchev–Trinajstić information content (AvgIpc) is 2.46. The van der Waals surface area contributed by atoms with Crippen LogP contribution in [0.2, 0.25) is 0 Å². The van der Waals surface area contributed by atoms with Crippen LogP contribution in [0.3, 0.4) is 0 Å². The van der Waals surface area contributed by atoms with E-state index >= 15 is 0 Å². The van der Waals surface area contributed by atoms with Crippen LogP contribution in [0.1, 0.15) is 30.1 Å². The largest absolute Gasteiger partial charge is 0.465 e. The fraction of sp³-hybridized carbons (Fsp3) is 0.429. The van der Waals surface area contributed by atoms with Gasteiger partial charge in [0.2, 0.25) is 5.91 Å². The highest BCUT2D eigenvalue weighted by atomic mass is 19.1. The normalized spacial score (nSPS) is 10.0. The maximum Gasteiger partial charge on any atom is 0.340 e. The smallest absolute Gasteiger partial charge is 0.340 e. The van der Waals surface area contributed by atoms with Gasteiger partial charge >= 0.3 is 5.97 Å². The summed E-state index contributed by atoms with van der Waals surface area (Å²) in [5.41, 5.74) is 5.76. The molecule has 1 rings (SSSR count). The van der Waals surface area contributed by atoms with Crippen LogP contribution in [0.4, 0.5) is 15.8 Å². The Balaban J connectivity index is 2.66. The third kappa shape index (κ3) is 4.94. The quantitative estimate of drug-likeness (QED) is 0.524. The summed E-state index contributed by atoms with van der Waals surface area (Å²) in [4.78, 5) is 22.9. The Morgan fingerprint density at radius 2 is 2.05 bits per heavy atom. The molecule has 0 saturated heterocycles. The molecule has 1 aromatic carbocycles. The van der Waals surface area contributed by atoms with E-state index in [0.29, 0.717) is 6.54 Å². The number of methoxy groups -OCH3 is 1. The van der Waals surface area contributed by atoms with Gasteiger partial charge in [0.15, 0.2) is 0 Å². The van der Waals surface area contributed by atoms with E-state index in [4.69, 9.17) is 5.73 Å². The zero-order chi connectivity index (χ0) is 15.8. The third-order valence-corrected chi connectivity index (χ3v) is 2.78. The van der Waals surface area contributed by atoms with E-state index in [1.54, 1.807) is 0 Å². The number of esters is 1. The molecule has 7 heteroatoms. The SMILES string of the molecule is CCCNC(=O)CCNc1cc(C(=O)OC)c(N)cc1F. The average molecular weight is 297 g/mol. The second-order valence-corrected chi connectivity index (χ2v) is 4.44. The number of anilines is 2. The molecule has 21 heavy (non-hydrogen) atoms. The molecule has 0 fully saturated rings. The van der Waals surface area contributed by atoms with Gasteiger partial charge in [-0.3, -0.25) is 4.79 Å². The van der Waals surface area contributed by atoms with E-state index in [2.05, 4.69) is 15.4 Å². The number of hydrogen-bond donors (Lipinski definition) is 3. The summed E-state index contributed by atoms with van der Waals surface area (Å²) in [6.45, 7) is 2.81. The molecule has 0 unspecified atom stereocenters. The zero-order valence-corrected chi connectivity index (χ0v) is 12.2. The van der Waals surface area contributed by atoms with Crippen molar-refractivity contribution in [1.82, 2.24) is 5.32 Å². The monoisotopic (exact) mass is 297 g/mol. The number of nitrogen functional groups attached to an aromatic ring is 1. The Bertz CT molecular complexity index is 520. The van der Waals surface area contributed by atoms with Crippen molar-refractivity contribution < 1.29 is 18.7 Å². The molecule has 0 aromatic heterocycles. The molecule has 0 bridgehead atoms.